The Balaban J connectivity index is 1.72. The molecule has 4 atom stereocenters. The van der Waals surface area contributed by atoms with Gasteiger partial charge in [-0.25, -0.2) is 5.01 Å². The maximum Gasteiger partial charge on any atom is 0.274 e. The third-order valence-corrected chi connectivity index (χ3v) is 9.65. The lowest BCUT2D eigenvalue weighted by molar-refractivity contribution is -0.154. The lowest BCUT2D eigenvalue weighted by Gasteiger charge is -2.30. The van der Waals surface area contributed by atoms with Crippen LogP contribution in [0.25, 0.3) is 0 Å². The molecule has 0 aromatic heterocycles. The molecule has 1 aliphatic carbocycles. The number of rotatable bonds is 5. The summed E-state index contributed by atoms with van der Waals surface area (Å²) in [4.78, 5) is 53.7. The van der Waals surface area contributed by atoms with Gasteiger partial charge in [0.05, 0.1) is 22.4 Å². The number of hydrogen-bond acceptors (Lipinski definition) is 4. The van der Waals surface area contributed by atoms with Gasteiger partial charge in [-0.1, -0.05) is 67.7 Å². The third-order valence-electron chi connectivity index (χ3n) is 6.59. The lowest BCUT2D eigenvalue weighted by Crippen LogP contribution is -2.52. The predicted molar refractivity (Wildman–Crippen MR) is 136 cm³/mol. The first-order valence-corrected chi connectivity index (χ1v) is 13.1. The number of benzene rings is 2. The van der Waals surface area contributed by atoms with Crippen molar-refractivity contribution in [1.29, 1.82) is 0 Å². The summed E-state index contributed by atoms with van der Waals surface area (Å²) in [5.74, 6) is -3.09. The SMILES string of the molecule is Cc1ccc(C(=O)CN(C(=O)c2ccccc2Cl)N2C(=O)[C@@H]3C[C@H](Br)[C@@H](Br)C[C@H]3C2=O)cc1C. The minimum Gasteiger partial charge on any atom is -0.292 e. The number of ketones is 1. The Morgan fingerprint density at radius 2 is 1.56 bits per heavy atom. The van der Waals surface area contributed by atoms with Crippen LogP contribution in [0.5, 0.6) is 0 Å². The molecule has 0 N–H and O–H groups in total. The maximum atomic E-state index is 13.6. The third kappa shape index (κ3) is 4.60. The number of nitrogens with zero attached hydrogens (tertiary/aromatic N) is 2. The summed E-state index contributed by atoms with van der Waals surface area (Å²) in [7, 11) is 0. The van der Waals surface area contributed by atoms with Gasteiger partial charge >= 0.3 is 0 Å². The Kier molecular flexibility index (Phi) is 7.31. The molecule has 4 rings (SSSR count). The molecule has 0 unspecified atom stereocenters. The molecule has 1 heterocycles. The van der Waals surface area contributed by atoms with E-state index < -0.39 is 36.1 Å². The van der Waals surface area contributed by atoms with Gasteiger partial charge in [0.2, 0.25) is 0 Å². The van der Waals surface area contributed by atoms with E-state index in [9.17, 15) is 19.2 Å². The number of hydrogen-bond donors (Lipinski definition) is 0. The highest BCUT2D eigenvalue weighted by Gasteiger charge is 2.54. The molecule has 178 valence electrons. The van der Waals surface area contributed by atoms with Gasteiger partial charge in [0.25, 0.3) is 17.7 Å². The monoisotopic (exact) mass is 608 g/mol. The second-order valence-corrected chi connectivity index (χ2v) is 11.5. The minimum atomic E-state index is -0.672. The summed E-state index contributed by atoms with van der Waals surface area (Å²) in [6, 6.07) is 11.6. The van der Waals surface area contributed by atoms with Crippen LogP contribution in [0.4, 0.5) is 0 Å². The zero-order valence-electron chi connectivity index (χ0n) is 18.6. The van der Waals surface area contributed by atoms with Crippen molar-refractivity contribution in [3.63, 3.8) is 0 Å². The van der Waals surface area contributed by atoms with Crippen molar-refractivity contribution in [2.75, 3.05) is 6.54 Å². The molecule has 6 nitrogen and oxygen atoms in total. The van der Waals surface area contributed by atoms with E-state index in [0.717, 1.165) is 21.1 Å². The van der Waals surface area contributed by atoms with Gasteiger partial charge < -0.3 is 0 Å². The van der Waals surface area contributed by atoms with Crippen molar-refractivity contribution in [3.8, 4) is 0 Å². The number of alkyl halides is 2. The van der Waals surface area contributed by atoms with Crippen molar-refractivity contribution in [3.05, 3.63) is 69.7 Å². The van der Waals surface area contributed by atoms with Crippen molar-refractivity contribution < 1.29 is 19.2 Å². The van der Waals surface area contributed by atoms with Gasteiger partial charge in [0.15, 0.2) is 5.78 Å². The fourth-order valence-electron chi connectivity index (χ4n) is 4.46. The largest absolute Gasteiger partial charge is 0.292 e. The van der Waals surface area contributed by atoms with Crippen LogP contribution in [0, 0.1) is 25.7 Å². The van der Waals surface area contributed by atoms with Gasteiger partial charge in [0, 0.05) is 15.2 Å². The van der Waals surface area contributed by atoms with Crippen LogP contribution in [0.2, 0.25) is 5.02 Å². The molecular weight excluding hydrogens is 588 g/mol. The predicted octanol–water partition coefficient (Wildman–Crippen LogP) is 5.12. The standard InChI is InChI=1S/C25H23Br2ClN2O4/c1-13-7-8-15(9-14(13)2)22(31)12-29(23(32)16-5-3-4-6-21(16)28)30-24(33)17-10-19(26)20(27)11-18(17)25(30)34/h3-9,17-20H,10-12H2,1-2H3/t17-,18-,19+,20+/m1/s1. The smallest absolute Gasteiger partial charge is 0.274 e. The van der Waals surface area contributed by atoms with Gasteiger partial charge in [-0.3, -0.25) is 19.2 Å². The van der Waals surface area contributed by atoms with Gasteiger partial charge in [-0.15, -0.1) is 0 Å². The van der Waals surface area contributed by atoms with Gasteiger partial charge in [0.1, 0.15) is 6.54 Å². The van der Waals surface area contributed by atoms with E-state index in [-0.39, 0.29) is 26.0 Å². The number of amides is 3. The molecule has 2 aromatic rings. The zero-order valence-corrected chi connectivity index (χ0v) is 22.6. The minimum absolute atomic E-state index is 0.0235. The zero-order chi connectivity index (χ0) is 24.7. The topological polar surface area (TPSA) is 74.8 Å². The summed E-state index contributed by atoms with van der Waals surface area (Å²) < 4.78 is 0. The molecule has 1 saturated heterocycles. The molecule has 0 bridgehead atoms. The van der Waals surface area contributed by atoms with Crippen molar-refractivity contribution in [1.82, 2.24) is 10.0 Å². The summed E-state index contributed by atoms with van der Waals surface area (Å²) >= 11 is 13.4. The molecule has 0 radical (unpaired) electrons. The highest BCUT2D eigenvalue weighted by Crippen LogP contribution is 2.43. The highest BCUT2D eigenvalue weighted by molar-refractivity contribution is 9.12. The van der Waals surface area contributed by atoms with Crippen LogP contribution in [0.1, 0.15) is 44.7 Å². The number of halogens is 3. The van der Waals surface area contributed by atoms with Crippen molar-refractivity contribution >= 4 is 67.0 Å². The number of hydrazine groups is 1. The van der Waals surface area contributed by atoms with Crippen LogP contribution in [0.3, 0.4) is 0 Å². The fourth-order valence-corrected chi connectivity index (χ4v) is 5.92. The van der Waals surface area contributed by atoms with E-state index >= 15 is 0 Å². The summed E-state index contributed by atoms with van der Waals surface area (Å²) in [5, 5.41) is 2.02. The van der Waals surface area contributed by atoms with Crippen molar-refractivity contribution in [2.45, 2.75) is 36.3 Å². The van der Waals surface area contributed by atoms with E-state index in [1.54, 1.807) is 30.3 Å². The average Bonchev–Trinajstić information content (AvgIpc) is 3.03. The maximum absolute atomic E-state index is 13.6. The van der Waals surface area contributed by atoms with Gasteiger partial charge in [-0.05, 0) is 56.0 Å². The summed E-state index contributed by atoms with van der Waals surface area (Å²) in [5.41, 5.74) is 2.48. The van der Waals surface area contributed by atoms with Crippen LogP contribution in [-0.4, -0.2) is 49.7 Å². The second kappa shape index (κ2) is 9.91. The molecule has 1 saturated carbocycles. The first-order chi connectivity index (χ1) is 16.1. The molecule has 3 amide bonds. The molecule has 2 fully saturated rings. The second-order valence-electron chi connectivity index (χ2n) is 8.77. The summed E-state index contributed by atoms with van der Waals surface area (Å²) in [6.07, 6.45) is 0.918. The molecule has 2 aliphatic rings. The fraction of sp³-hybridized carbons (Fsp3) is 0.360. The Bertz CT molecular complexity index is 1160. The van der Waals surface area contributed by atoms with E-state index in [0.29, 0.717) is 18.4 Å². The number of fused-ring (bicyclic) bond motifs is 1. The Morgan fingerprint density at radius 1 is 0.971 bits per heavy atom. The Morgan fingerprint density at radius 3 is 2.12 bits per heavy atom. The number of carbonyl (C=O) groups excluding carboxylic acids is 4. The molecule has 2 aromatic carbocycles. The molecule has 1 aliphatic heterocycles. The molecule has 0 spiro atoms. The normalized spacial score (nSPS) is 24.2. The van der Waals surface area contributed by atoms with Gasteiger partial charge in [-0.2, -0.15) is 5.01 Å². The van der Waals surface area contributed by atoms with Crippen LogP contribution < -0.4 is 0 Å². The van der Waals surface area contributed by atoms with E-state index in [1.165, 1.54) is 6.07 Å². The van der Waals surface area contributed by atoms with Crippen molar-refractivity contribution in [2.24, 2.45) is 11.8 Å². The number of imide groups is 1. The molecule has 9 heteroatoms. The quantitative estimate of drug-likeness (QED) is 0.268. The lowest BCUT2D eigenvalue weighted by atomic mass is 9.81. The summed E-state index contributed by atoms with van der Waals surface area (Å²) in [6.45, 7) is 3.37. The number of carbonyl (C=O) groups is 4. The first kappa shape index (κ1) is 25.1. The number of aryl methyl sites for hydroxylation is 2. The number of Topliss-reactive ketones (excluding diaryl/α,β-unsaturated/α-hetero) is 1. The Labute approximate surface area is 219 Å². The van der Waals surface area contributed by atoms with Crippen LogP contribution in [-0.2, 0) is 9.59 Å². The van der Waals surface area contributed by atoms with E-state index in [4.69, 9.17) is 11.6 Å². The Hall–Kier alpha value is -2.03. The molecular formula is C25H23Br2ClN2O4. The van der Waals surface area contributed by atoms with Crippen LogP contribution >= 0.6 is 43.5 Å². The highest BCUT2D eigenvalue weighted by atomic mass is 79.9. The van der Waals surface area contributed by atoms with E-state index in [2.05, 4.69) is 31.9 Å². The van der Waals surface area contributed by atoms with E-state index in [1.807, 2.05) is 19.9 Å². The van der Waals surface area contributed by atoms with Crippen LogP contribution in [0.15, 0.2) is 42.5 Å². The average molecular weight is 611 g/mol. The molecule has 34 heavy (non-hydrogen) atoms. The first-order valence-electron chi connectivity index (χ1n) is 10.9.